The van der Waals surface area contributed by atoms with Gasteiger partial charge in [-0.15, -0.1) is 0 Å². The van der Waals surface area contributed by atoms with E-state index in [1.165, 1.54) is 38.8 Å². The van der Waals surface area contributed by atoms with Crippen molar-refractivity contribution < 1.29 is 4.79 Å². The number of hydrogen-bond acceptors (Lipinski definition) is 3. The summed E-state index contributed by atoms with van der Waals surface area (Å²) in [6.45, 7) is 7.26. The molecule has 2 saturated heterocycles. The number of likely N-dealkylation sites (tertiary alicyclic amines) is 2. The van der Waals surface area contributed by atoms with E-state index in [0.717, 1.165) is 24.2 Å². The molecule has 1 unspecified atom stereocenters. The predicted octanol–water partition coefficient (Wildman–Crippen LogP) is 2.74. The first kappa shape index (κ1) is 14.7. The summed E-state index contributed by atoms with van der Waals surface area (Å²) in [4.78, 5) is 17.4. The fourth-order valence-corrected chi connectivity index (χ4v) is 3.65. The molecule has 114 valence electrons. The highest BCUT2D eigenvalue weighted by molar-refractivity contribution is 5.97. The molecule has 1 aromatic carbocycles. The van der Waals surface area contributed by atoms with E-state index in [-0.39, 0.29) is 5.78 Å². The van der Waals surface area contributed by atoms with Crippen molar-refractivity contribution in [1.29, 1.82) is 0 Å². The van der Waals surface area contributed by atoms with Gasteiger partial charge in [-0.1, -0.05) is 30.2 Å². The molecule has 0 saturated carbocycles. The lowest BCUT2D eigenvalue weighted by atomic mass is 10.1. The van der Waals surface area contributed by atoms with Crippen LogP contribution in [0.2, 0.25) is 0 Å². The molecule has 2 aliphatic heterocycles. The van der Waals surface area contributed by atoms with E-state index < -0.39 is 0 Å². The summed E-state index contributed by atoms with van der Waals surface area (Å²) in [5.74, 6) is 0.262. The van der Waals surface area contributed by atoms with E-state index in [9.17, 15) is 4.79 Å². The quantitative estimate of drug-likeness (QED) is 0.795. The number of carbonyl (C=O) groups excluding carboxylic acids is 1. The normalized spacial score (nSPS) is 24.3. The van der Waals surface area contributed by atoms with Crippen molar-refractivity contribution in [2.45, 2.75) is 38.6 Å². The van der Waals surface area contributed by atoms with E-state index in [1.807, 2.05) is 31.2 Å². The Labute approximate surface area is 127 Å². The number of hydrogen-bond donors (Lipinski definition) is 0. The Kier molecular flexibility index (Phi) is 4.71. The molecule has 0 N–H and O–H groups in total. The first-order valence-electron chi connectivity index (χ1n) is 8.28. The van der Waals surface area contributed by atoms with Gasteiger partial charge < -0.3 is 0 Å². The fourth-order valence-electron chi connectivity index (χ4n) is 3.65. The van der Waals surface area contributed by atoms with E-state index in [0.29, 0.717) is 12.6 Å². The third-order valence-electron chi connectivity index (χ3n) is 4.86. The average molecular weight is 286 g/mol. The molecule has 21 heavy (non-hydrogen) atoms. The van der Waals surface area contributed by atoms with Crippen LogP contribution < -0.4 is 0 Å². The van der Waals surface area contributed by atoms with Crippen molar-refractivity contribution in [3.05, 3.63) is 35.4 Å². The third-order valence-corrected chi connectivity index (χ3v) is 4.86. The third kappa shape index (κ3) is 3.72. The Balaban J connectivity index is 1.53. The molecule has 0 bridgehead atoms. The number of rotatable bonds is 4. The summed E-state index contributed by atoms with van der Waals surface area (Å²) in [6, 6.07) is 8.63. The second-order valence-corrected chi connectivity index (χ2v) is 6.57. The maximum atomic E-state index is 12.4. The van der Waals surface area contributed by atoms with Crippen LogP contribution in [0, 0.1) is 6.92 Å². The van der Waals surface area contributed by atoms with Gasteiger partial charge >= 0.3 is 0 Å². The van der Waals surface area contributed by atoms with Crippen molar-refractivity contribution in [3.8, 4) is 0 Å². The second kappa shape index (κ2) is 6.71. The summed E-state index contributed by atoms with van der Waals surface area (Å²) in [5, 5.41) is 0. The van der Waals surface area contributed by atoms with Gasteiger partial charge in [-0.05, 0) is 45.3 Å². The highest BCUT2D eigenvalue weighted by Crippen LogP contribution is 2.20. The maximum Gasteiger partial charge on any atom is 0.176 e. The van der Waals surface area contributed by atoms with Crippen LogP contribution in [0.4, 0.5) is 0 Å². The van der Waals surface area contributed by atoms with E-state index >= 15 is 0 Å². The molecule has 0 spiro atoms. The Hall–Kier alpha value is -1.19. The van der Waals surface area contributed by atoms with Crippen LogP contribution in [0.1, 0.15) is 41.6 Å². The van der Waals surface area contributed by atoms with Crippen molar-refractivity contribution in [2.24, 2.45) is 0 Å². The Morgan fingerprint density at radius 3 is 2.76 bits per heavy atom. The van der Waals surface area contributed by atoms with Crippen molar-refractivity contribution in [2.75, 3.05) is 32.7 Å². The maximum absolute atomic E-state index is 12.4. The number of Topliss-reactive ketones (excluding diaryl/α,β-unsaturated/α-hetero) is 1. The lowest BCUT2D eigenvalue weighted by Gasteiger charge is -2.32. The van der Waals surface area contributed by atoms with Gasteiger partial charge in [0.15, 0.2) is 5.78 Å². The Bertz CT molecular complexity index is 494. The minimum absolute atomic E-state index is 0.262. The van der Waals surface area contributed by atoms with Gasteiger partial charge in [0.1, 0.15) is 0 Å². The van der Waals surface area contributed by atoms with Gasteiger partial charge in [-0.2, -0.15) is 0 Å². The van der Waals surface area contributed by atoms with E-state index in [1.54, 1.807) is 0 Å². The van der Waals surface area contributed by atoms with Crippen LogP contribution in [0.5, 0.6) is 0 Å². The number of benzene rings is 1. The van der Waals surface area contributed by atoms with Crippen molar-refractivity contribution >= 4 is 5.78 Å². The summed E-state index contributed by atoms with van der Waals surface area (Å²) < 4.78 is 0. The molecule has 0 aliphatic carbocycles. The predicted molar refractivity (Wildman–Crippen MR) is 85.8 cm³/mol. The zero-order valence-corrected chi connectivity index (χ0v) is 13.1. The molecule has 2 heterocycles. The number of carbonyl (C=O) groups is 1. The molecule has 3 heteroatoms. The second-order valence-electron chi connectivity index (χ2n) is 6.57. The largest absolute Gasteiger partial charge is 0.299 e. The molecular formula is C18H26N2O. The first-order valence-corrected chi connectivity index (χ1v) is 8.28. The van der Waals surface area contributed by atoms with Crippen LogP contribution >= 0.6 is 0 Å². The van der Waals surface area contributed by atoms with Gasteiger partial charge in [-0.3, -0.25) is 14.6 Å². The lowest BCUT2D eigenvalue weighted by Crippen LogP contribution is -2.41. The van der Waals surface area contributed by atoms with Crippen molar-refractivity contribution in [1.82, 2.24) is 9.80 Å². The average Bonchev–Trinajstić information content (AvgIpc) is 2.97. The molecule has 3 nitrogen and oxygen atoms in total. The van der Waals surface area contributed by atoms with E-state index in [4.69, 9.17) is 0 Å². The number of nitrogens with zero attached hydrogens (tertiary/aromatic N) is 2. The highest BCUT2D eigenvalue weighted by Gasteiger charge is 2.29. The minimum Gasteiger partial charge on any atom is -0.299 e. The van der Waals surface area contributed by atoms with Crippen LogP contribution in [0.15, 0.2) is 24.3 Å². The van der Waals surface area contributed by atoms with Crippen LogP contribution in [0.3, 0.4) is 0 Å². The molecule has 0 aromatic heterocycles. The molecule has 2 fully saturated rings. The van der Waals surface area contributed by atoms with E-state index in [2.05, 4.69) is 9.80 Å². The van der Waals surface area contributed by atoms with Crippen LogP contribution in [0.25, 0.3) is 0 Å². The number of piperidine rings is 1. The van der Waals surface area contributed by atoms with Gasteiger partial charge in [-0.25, -0.2) is 0 Å². The van der Waals surface area contributed by atoms with Crippen LogP contribution in [-0.4, -0.2) is 54.3 Å². The molecule has 0 amide bonds. The Morgan fingerprint density at radius 1 is 1.19 bits per heavy atom. The zero-order valence-electron chi connectivity index (χ0n) is 13.1. The molecule has 1 atom stereocenters. The summed E-state index contributed by atoms with van der Waals surface area (Å²) in [5.41, 5.74) is 2.02. The van der Waals surface area contributed by atoms with Gasteiger partial charge in [0, 0.05) is 24.7 Å². The SMILES string of the molecule is Cc1cccc(C(=O)CN2CCC(N3CCCCC3)C2)c1. The zero-order chi connectivity index (χ0) is 14.7. The van der Waals surface area contributed by atoms with Crippen LogP contribution in [-0.2, 0) is 0 Å². The topological polar surface area (TPSA) is 23.6 Å². The smallest absolute Gasteiger partial charge is 0.176 e. The monoisotopic (exact) mass is 286 g/mol. The fraction of sp³-hybridized carbons (Fsp3) is 0.611. The van der Waals surface area contributed by atoms with Gasteiger partial charge in [0.25, 0.3) is 0 Å². The molecule has 2 aliphatic rings. The molecule has 1 aromatic rings. The van der Waals surface area contributed by atoms with Crippen molar-refractivity contribution in [3.63, 3.8) is 0 Å². The summed E-state index contributed by atoms with van der Waals surface area (Å²) >= 11 is 0. The molecular weight excluding hydrogens is 260 g/mol. The van der Waals surface area contributed by atoms with Gasteiger partial charge in [0.2, 0.25) is 0 Å². The lowest BCUT2D eigenvalue weighted by molar-refractivity contribution is 0.0936. The summed E-state index contributed by atoms with van der Waals surface area (Å²) in [6.07, 6.45) is 5.30. The molecule has 0 radical (unpaired) electrons. The Morgan fingerprint density at radius 2 is 2.00 bits per heavy atom. The first-order chi connectivity index (χ1) is 10.2. The van der Waals surface area contributed by atoms with Gasteiger partial charge in [0.05, 0.1) is 6.54 Å². The number of ketones is 1. The summed E-state index contributed by atoms with van der Waals surface area (Å²) in [7, 11) is 0. The molecule has 3 rings (SSSR count). The minimum atomic E-state index is 0.262. The number of aryl methyl sites for hydroxylation is 1. The highest BCUT2D eigenvalue weighted by atomic mass is 16.1. The standard InChI is InChI=1S/C18H26N2O/c1-15-6-5-7-16(12-15)18(21)14-19-11-8-17(13-19)20-9-3-2-4-10-20/h5-7,12,17H,2-4,8-11,13-14H2,1H3.